The molecule has 0 heterocycles. The van der Waals surface area contributed by atoms with Crippen molar-refractivity contribution in [1.29, 1.82) is 0 Å². The fourth-order valence-corrected chi connectivity index (χ4v) is 7.80. The molecule has 0 fully saturated rings. The van der Waals surface area contributed by atoms with Crippen molar-refractivity contribution in [3.63, 3.8) is 0 Å². The van der Waals surface area contributed by atoms with Gasteiger partial charge in [0.05, 0.1) is 0 Å². The normalized spacial score (nSPS) is 13.5. The van der Waals surface area contributed by atoms with E-state index < -0.39 is 21.4 Å². The summed E-state index contributed by atoms with van der Waals surface area (Å²) < 4.78 is 59.4. The van der Waals surface area contributed by atoms with Crippen LogP contribution in [0.5, 0.6) is 0 Å². The summed E-state index contributed by atoms with van der Waals surface area (Å²) in [6.07, 6.45) is 0.481. The molecular weight excluding hydrogens is 548 g/mol. The van der Waals surface area contributed by atoms with E-state index in [-0.39, 0.29) is 5.78 Å². The Morgan fingerprint density at radius 2 is 0.771 bits per heavy atom. The molecule has 0 aliphatic heterocycles. The molecule has 0 aliphatic carbocycles. The third-order valence-electron chi connectivity index (χ3n) is 5.07. The van der Waals surface area contributed by atoms with Gasteiger partial charge in [0.15, 0.2) is 0 Å². The van der Waals surface area contributed by atoms with E-state index in [0.29, 0.717) is 6.16 Å². The Kier molecular flexibility index (Phi) is 7.36. The molecule has 0 atom stereocenters. The minimum Gasteiger partial charge on any atom is -0.290 e. The number of hydrogen-bond donors (Lipinski definition) is 0. The Bertz CT molecular complexity index is 1140. The third kappa shape index (κ3) is 8.38. The summed E-state index contributed by atoms with van der Waals surface area (Å²) >= 11 is -11.1. The van der Waals surface area contributed by atoms with Gasteiger partial charge in [-0.25, -0.2) is 0 Å². The number of hydrogen-bond acceptors (Lipinski definition) is 1. The molecule has 4 rings (SSSR count). The molecule has 0 saturated heterocycles. The predicted molar refractivity (Wildman–Crippen MR) is 133 cm³/mol. The molecule has 4 aromatic rings. The Morgan fingerprint density at radius 3 is 1.06 bits per heavy atom. The van der Waals surface area contributed by atoms with Gasteiger partial charge in [-0.05, 0) is 36.4 Å². The van der Waals surface area contributed by atoms with Gasteiger partial charge in [0, 0.05) is 5.56 Å². The maximum Gasteiger partial charge on any atom is 0.201 e. The second-order valence-corrected chi connectivity index (χ2v) is 15.2. The van der Waals surface area contributed by atoms with Crippen LogP contribution in [0.3, 0.4) is 0 Å². The van der Waals surface area contributed by atoms with Gasteiger partial charge in [-0.3, -0.25) is 4.79 Å². The zero-order chi connectivity index (χ0) is 25.6. The molecule has 0 spiro atoms. The van der Waals surface area contributed by atoms with Gasteiger partial charge in [0.1, 0.15) is 29.3 Å². The minimum absolute atomic E-state index is 0.186. The van der Waals surface area contributed by atoms with Crippen LogP contribution in [0, 0.1) is 0 Å². The molecule has 0 N–H and O–H groups in total. The van der Waals surface area contributed by atoms with Crippen molar-refractivity contribution in [2.45, 2.75) is 0 Å². The van der Waals surface area contributed by atoms with Gasteiger partial charge in [0.2, 0.25) is 5.78 Å². The molecule has 1 nitrogen and oxygen atoms in total. The number of carbonyl (C=O) groups excluding carboxylic acids is 1. The number of Topliss-reactive ketones (excluding diaryl/α,β-unsaturated/α-hetero) is 1. The first-order chi connectivity index (χ1) is 16.3. The van der Waals surface area contributed by atoms with Crippen molar-refractivity contribution in [2.75, 3.05) is 6.16 Å². The Morgan fingerprint density at radius 1 is 0.514 bits per heavy atom. The summed E-state index contributed by atoms with van der Waals surface area (Å²) in [5.74, 6) is 0.186. The summed E-state index contributed by atoms with van der Waals surface area (Å²) in [7, 11) is -2.12. The number of carbonyl (C=O) groups is 1. The molecule has 0 amide bonds. The molecule has 184 valence electrons. The standard InChI is InChI=1S/C26H22OP.AsF6/c27-26(22-13-5-1-6-14-22)21-28(23-15-7-2-8-16-23,24-17-9-3-10-18-24)25-19-11-4-12-20-25;2-1(3,4,5,6)7/h1-20H,21H2;/q+1;-1. The molecule has 0 aromatic heterocycles. The van der Waals surface area contributed by atoms with Gasteiger partial charge in [-0.15, -0.1) is 0 Å². The van der Waals surface area contributed by atoms with Crippen LogP contribution < -0.4 is 15.9 Å². The number of rotatable bonds is 6. The summed E-state index contributed by atoms with van der Waals surface area (Å²) in [5, 5.41) is 3.70. The van der Waals surface area contributed by atoms with Crippen molar-refractivity contribution in [1.82, 2.24) is 0 Å². The molecule has 9 heteroatoms. The second-order valence-electron chi connectivity index (χ2n) is 7.72. The van der Waals surface area contributed by atoms with E-state index in [4.69, 9.17) is 0 Å². The molecule has 35 heavy (non-hydrogen) atoms. The van der Waals surface area contributed by atoms with Gasteiger partial charge in [0.25, 0.3) is 0 Å². The van der Waals surface area contributed by atoms with E-state index in [2.05, 4.69) is 72.8 Å². The van der Waals surface area contributed by atoms with Crippen LogP contribution in [-0.2, 0) is 0 Å². The average molecular weight is 570 g/mol. The van der Waals surface area contributed by atoms with E-state index in [1.807, 2.05) is 48.5 Å². The molecule has 0 saturated carbocycles. The SMILES string of the molecule is F[As-](F)(F)(F)(F)F.O=C(C[P+](c1ccccc1)(c1ccccc1)c1ccccc1)c1ccccc1. The quantitative estimate of drug-likeness (QED) is 0.106. The zero-order valence-electron chi connectivity index (χ0n) is 18.3. The molecule has 0 radical (unpaired) electrons. The van der Waals surface area contributed by atoms with E-state index >= 15 is 0 Å². The van der Waals surface area contributed by atoms with Crippen LogP contribution in [0.4, 0.5) is 20.8 Å². The predicted octanol–water partition coefficient (Wildman–Crippen LogP) is 7.00. The average Bonchev–Trinajstić information content (AvgIpc) is 2.83. The number of halogens is 6. The van der Waals surface area contributed by atoms with Gasteiger partial charge in [-0.2, -0.15) is 0 Å². The molecule has 0 aliphatic rings. The van der Waals surface area contributed by atoms with E-state index in [0.717, 1.165) is 5.56 Å². The fourth-order valence-electron chi connectivity index (χ4n) is 3.70. The first kappa shape index (κ1) is 26.7. The van der Waals surface area contributed by atoms with Gasteiger partial charge in [-0.1, -0.05) is 84.9 Å². The zero-order valence-corrected chi connectivity index (χ0v) is 21.1. The van der Waals surface area contributed by atoms with Crippen LogP contribution in [0.15, 0.2) is 121 Å². The Labute approximate surface area is 201 Å². The topological polar surface area (TPSA) is 17.1 Å². The Hall–Kier alpha value is -2.88. The maximum atomic E-state index is 13.4. The van der Waals surface area contributed by atoms with Gasteiger partial charge >= 0.3 is 35.0 Å². The summed E-state index contributed by atoms with van der Waals surface area (Å²) in [6, 6.07) is 41.2. The van der Waals surface area contributed by atoms with Gasteiger partial charge < -0.3 is 0 Å². The van der Waals surface area contributed by atoms with Crippen molar-refractivity contribution in [3.05, 3.63) is 127 Å². The third-order valence-corrected chi connectivity index (χ3v) is 9.37. The summed E-state index contributed by atoms with van der Waals surface area (Å²) in [6.45, 7) is 0. The van der Waals surface area contributed by atoms with Crippen LogP contribution in [0.25, 0.3) is 0 Å². The number of benzene rings is 4. The van der Waals surface area contributed by atoms with E-state index in [9.17, 15) is 25.6 Å². The Balaban J connectivity index is 0.000000429. The first-order valence-electron chi connectivity index (χ1n) is 10.5. The van der Waals surface area contributed by atoms with Crippen molar-refractivity contribution >= 4 is 43.1 Å². The summed E-state index contributed by atoms with van der Waals surface area (Å²) in [5.41, 5.74) is 0.773. The second kappa shape index (κ2) is 9.64. The largest absolute Gasteiger partial charge is 0.290 e. The van der Waals surface area contributed by atoms with Crippen LogP contribution >= 0.6 is 7.26 Å². The fraction of sp³-hybridized carbons (Fsp3) is 0.0385. The molecular formula is C26H22AsF6OP. The van der Waals surface area contributed by atoms with Crippen molar-refractivity contribution in [3.8, 4) is 0 Å². The molecule has 0 bridgehead atoms. The number of ketones is 1. The molecule has 0 unspecified atom stereocenters. The van der Waals surface area contributed by atoms with Crippen molar-refractivity contribution in [2.24, 2.45) is 0 Å². The summed E-state index contributed by atoms with van der Waals surface area (Å²) in [4.78, 5) is 13.4. The van der Waals surface area contributed by atoms with Crippen molar-refractivity contribution < 1.29 is 25.6 Å². The monoisotopic (exact) mass is 570 g/mol. The minimum atomic E-state index is -11.1. The first-order valence-corrected chi connectivity index (χ1v) is 16.7. The van der Waals surface area contributed by atoms with E-state index in [1.54, 1.807) is 0 Å². The van der Waals surface area contributed by atoms with Crippen LogP contribution in [-0.4, -0.2) is 26.1 Å². The molecule has 4 aromatic carbocycles. The van der Waals surface area contributed by atoms with E-state index in [1.165, 1.54) is 15.9 Å². The maximum absolute atomic E-state index is 13.4. The van der Waals surface area contributed by atoms with Crippen LogP contribution in [0.1, 0.15) is 10.4 Å². The smallest absolute Gasteiger partial charge is 0.201 e. The van der Waals surface area contributed by atoms with Crippen LogP contribution in [0.2, 0.25) is 0 Å².